The van der Waals surface area contributed by atoms with Crippen LogP contribution < -0.4 is 11.5 Å². The van der Waals surface area contributed by atoms with Crippen molar-refractivity contribution in [2.45, 2.75) is 0 Å². The van der Waals surface area contributed by atoms with E-state index in [-0.39, 0.29) is 0 Å². The van der Waals surface area contributed by atoms with Crippen LogP contribution in [0.5, 0.6) is 0 Å². The van der Waals surface area contributed by atoms with E-state index in [1.807, 2.05) is 4.90 Å². The molecule has 0 bridgehead atoms. The van der Waals surface area contributed by atoms with E-state index in [9.17, 15) is 0 Å². The lowest BCUT2D eigenvalue weighted by atomic mass is 10.4. The molecule has 1 aliphatic heterocycles. The second-order valence-electron chi connectivity index (χ2n) is 2.94. The molecule has 0 atom stereocenters. The predicted molar refractivity (Wildman–Crippen MR) is 56.5 cm³/mol. The Morgan fingerprint density at radius 1 is 1.43 bits per heavy atom. The summed E-state index contributed by atoms with van der Waals surface area (Å²) in [4.78, 5) is 6.14. The van der Waals surface area contributed by atoms with E-state index in [4.69, 9.17) is 16.2 Å². The van der Waals surface area contributed by atoms with Crippen molar-refractivity contribution in [3.05, 3.63) is 24.3 Å². The number of allylic oxidation sites excluding steroid dienone is 1. The van der Waals surface area contributed by atoms with Gasteiger partial charge in [-0.15, -0.1) is 0 Å². The highest BCUT2D eigenvalue weighted by Crippen LogP contribution is 2.06. The number of rotatable bonds is 3. The first-order valence-electron chi connectivity index (χ1n) is 4.47. The summed E-state index contributed by atoms with van der Waals surface area (Å²) < 4.78 is 5.21. The highest BCUT2D eigenvalue weighted by Gasteiger charge is 2.10. The monoisotopic (exact) mass is 196 g/mol. The molecule has 0 amide bonds. The van der Waals surface area contributed by atoms with Crippen molar-refractivity contribution in [3.63, 3.8) is 0 Å². The van der Waals surface area contributed by atoms with Gasteiger partial charge in [-0.05, 0) is 0 Å². The molecule has 0 saturated carbocycles. The molecular weight excluding hydrogens is 180 g/mol. The van der Waals surface area contributed by atoms with Gasteiger partial charge in [-0.1, -0.05) is 6.58 Å². The minimum atomic E-state index is 0.430. The summed E-state index contributed by atoms with van der Waals surface area (Å²) in [6.07, 6.45) is 2.80. The Kier molecular flexibility index (Phi) is 4.00. The first kappa shape index (κ1) is 10.6. The van der Waals surface area contributed by atoms with Crippen molar-refractivity contribution in [1.82, 2.24) is 4.90 Å². The summed E-state index contributed by atoms with van der Waals surface area (Å²) in [5, 5.41) is 0. The lowest BCUT2D eigenvalue weighted by molar-refractivity contribution is 0.0534. The van der Waals surface area contributed by atoms with Gasteiger partial charge >= 0.3 is 0 Å². The zero-order valence-corrected chi connectivity index (χ0v) is 8.15. The molecule has 0 unspecified atom stereocenters. The lowest BCUT2D eigenvalue weighted by Crippen LogP contribution is -2.34. The van der Waals surface area contributed by atoms with Crippen LogP contribution in [-0.4, -0.2) is 37.4 Å². The van der Waals surface area contributed by atoms with Gasteiger partial charge in [0, 0.05) is 19.3 Å². The van der Waals surface area contributed by atoms with Crippen molar-refractivity contribution in [2.24, 2.45) is 16.5 Å². The van der Waals surface area contributed by atoms with Crippen LogP contribution in [0.3, 0.4) is 0 Å². The fraction of sp³-hybridized carbons (Fsp3) is 0.444. The van der Waals surface area contributed by atoms with Crippen molar-refractivity contribution >= 4 is 6.21 Å². The van der Waals surface area contributed by atoms with E-state index in [2.05, 4.69) is 11.6 Å². The van der Waals surface area contributed by atoms with Gasteiger partial charge in [-0.25, -0.2) is 4.99 Å². The minimum Gasteiger partial charge on any atom is -0.403 e. The van der Waals surface area contributed by atoms with Gasteiger partial charge in [0.25, 0.3) is 0 Å². The van der Waals surface area contributed by atoms with Crippen LogP contribution in [0.25, 0.3) is 0 Å². The van der Waals surface area contributed by atoms with Gasteiger partial charge in [0.05, 0.1) is 25.1 Å². The molecule has 4 N–H and O–H groups in total. The maximum absolute atomic E-state index is 5.45. The fourth-order valence-electron chi connectivity index (χ4n) is 1.10. The standard InChI is InChI=1S/C9H16N4O/c1-8(12-7-9(11)6-10)13-2-4-14-5-3-13/h6-7H,1-5,10-11H2/b9-6+,12-7?. The van der Waals surface area contributed by atoms with E-state index in [1.165, 1.54) is 12.4 Å². The van der Waals surface area contributed by atoms with Gasteiger partial charge in [0.2, 0.25) is 0 Å². The zero-order valence-electron chi connectivity index (χ0n) is 8.15. The third-order valence-corrected chi connectivity index (χ3v) is 1.93. The third-order valence-electron chi connectivity index (χ3n) is 1.93. The highest BCUT2D eigenvalue weighted by molar-refractivity contribution is 5.77. The maximum Gasteiger partial charge on any atom is 0.121 e. The Morgan fingerprint density at radius 3 is 2.64 bits per heavy atom. The van der Waals surface area contributed by atoms with Gasteiger partial charge in [-0.3, -0.25) is 0 Å². The van der Waals surface area contributed by atoms with Crippen molar-refractivity contribution in [3.8, 4) is 0 Å². The van der Waals surface area contributed by atoms with Crippen LogP contribution in [0.15, 0.2) is 29.3 Å². The number of nitrogens with two attached hydrogens (primary N) is 2. The molecule has 0 aromatic carbocycles. The number of aliphatic imine (C=N–C) groups is 1. The molecule has 0 aromatic heterocycles. The summed E-state index contributed by atoms with van der Waals surface area (Å²) in [5.41, 5.74) is 11.1. The van der Waals surface area contributed by atoms with Gasteiger partial charge in [0.1, 0.15) is 5.82 Å². The lowest BCUT2D eigenvalue weighted by Gasteiger charge is -2.27. The molecule has 1 aliphatic rings. The fourth-order valence-corrected chi connectivity index (χ4v) is 1.10. The Bertz CT molecular complexity index is 254. The van der Waals surface area contributed by atoms with Crippen LogP contribution in [0, 0.1) is 0 Å². The first-order chi connectivity index (χ1) is 6.74. The molecule has 0 spiro atoms. The smallest absolute Gasteiger partial charge is 0.121 e. The third kappa shape index (κ3) is 3.10. The quantitative estimate of drug-likeness (QED) is 0.603. The summed E-state index contributed by atoms with van der Waals surface area (Å²) in [7, 11) is 0. The van der Waals surface area contributed by atoms with Gasteiger partial charge in [0.15, 0.2) is 0 Å². The van der Waals surface area contributed by atoms with E-state index in [0.717, 1.165) is 26.3 Å². The number of hydrogen-bond acceptors (Lipinski definition) is 5. The van der Waals surface area contributed by atoms with Gasteiger partial charge in [-0.2, -0.15) is 0 Å². The Morgan fingerprint density at radius 2 is 2.07 bits per heavy atom. The molecule has 1 saturated heterocycles. The number of morpholine rings is 1. The summed E-state index contributed by atoms with van der Waals surface area (Å²) in [5.74, 6) is 0.693. The molecule has 0 radical (unpaired) electrons. The molecule has 0 aliphatic carbocycles. The molecule has 1 rings (SSSR count). The number of hydrogen-bond donors (Lipinski definition) is 2. The average molecular weight is 196 g/mol. The van der Waals surface area contributed by atoms with Gasteiger partial charge < -0.3 is 21.1 Å². The molecular formula is C9H16N4O. The maximum atomic E-state index is 5.45. The van der Waals surface area contributed by atoms with Crippen molar-refractivity contribution < 1.29 is 4.74 Å². The summed E-state index contributed by atoms with van der Waals surface area (Å²) in [6.45, 7) is 6.92. The van der Waals surface area contributed by atoms with Crippen molar-refractivity contribution in [1.29, 1.82) is 0 Å². The SMILES string of the molecule is C=C(N=C/C(N)=C\N)N1CCOCC1. The number of ether oxygens (including phenoxy) is 1. The van der Waals surface area contributed by atoms with Crippen LogP contribution >= 0.6 is 0 Å². The van der Waals surface area contributed by atoms with E-state index in [1.54, 1.807) is 0 Å². The van der Waals surface area contributed by atoms with Crippen molar-refractivity contribution in [2.75, 3.05) is 26.3 Å². The van der Waals surface area contributed by atoms with Crippen LogP contribution in [0.4, 0.5) is 0 Å². The highest BCUT2D eigenvalue weighted by atomic mass is 16.5. The van der Waals surface area contributed by atoms with E-state index in [0.29, 0.717) is 11.5 Å². The van der Waals surface area contributed by atoms with Crippen LogP contribution in [0.2, 0.25) is 0 Å². The molecule has 5 heteroatoms. The topological polar surface area (TPSA) is 76.9 Å². The second-order valence-corrected chi connectivity index (χ2v) is 2.94. The number of nitrogens with zero attached hydrogens (tertiary/aromatic N) is 2. The van der Waals surface area contributed by atoms with E-state index >= 15 is 0 Å². The zero-order chi connectivity index (χ0) is 10.4. The molecule has 78 valence electrons. The van der Waals surface area contributed by atoms with E-state index < -0.39 is 0 Å². The first-order valence-corrected chi connectivity index (χ1v) is 4.47. The van der Waals surface area contributed by atoms with Crippen LogP contribution in [0.1, 0.15) is 0 Å². The molecule has 0 aromatic rings. The minimum absolute atomic E-state index is 0.430. The normalized spacial score (nSPS) is 18.9. The Hall–Kier alpha value is -1.49. The van der Waals surface area contributed by atoms with Crippen LogP contribution in [-0.2, 0) is 4.74 Å². The summed E-state index contributed by atoms with van der Waals surface area (Å²) in [6, 6.07) is 0. The predicted octanol–water partition coefficient (Wildman–Crippen LogP) is -0.381. The Labute approximate surface area is 83.7 Å². The second kappa shape index (κ2) is 5.29. The molecule has 5 nitrogen and oxygen atoms in total. The molecule has 1 heterocycles. The Balaban J connectivity index is 2.44. The summed E-state index contributed by atoms with van der Waals surface area (Å²) >= 11 is 0. The largest absolute Gasteiger partial charge is 0.403 e. The molecule has 14 heavy (non-hydrogen) atoms. The average Bonchev–Trinajstić information content (AvgIpc) is 2.26. The molecule has 1 fully saturated rings.